The van der Waals surface area contributed by atoms with Gasteiger partial charge in [0.15, 0.2) is 0 Å². The van der Waals surface area contributed by atoms with Gasteiger partial charge in [-0.05, 0) is 22.0 Å². The van der Waals surface area contributed by atoms with Gasteiger partial charge in [0, 0.05) is 26.7 Å². The van der Waals surface area contributed by atoms with E-state index in [0.717, 1.165) is 22.7 Å². The van der Waals surface area contributed by atoms with Crippen molar-refractivity contribution in [3.05, 3.63) is 32.7 Å². The molecular formula is C12H15BrN4S. The highest BCUT2D eigenvalue weighted by Crippen LogP contribution is 2.21. The van der Waals surface area contributed by atoms with Crippen molar-refractivity contribution < 1.29 is 0 Å². The Morgan fingerprint density at radius 3 is 2.78 bits per heavy atom. The van der Waals surface area contributed by atoms with Crippen LogP contribution in [0.4, 0.5) is 11.6 Å². The van der Waals surface area contributed by atoms with Crippen LogP contribution in [-0.2, 0) is 6.54 Å². The van der Waals surface area contributed by atoms with Gasteiger partial charge < -0.3 is 11.1 Å². The molecule has 0 radical (unpaired) electrons. The molecule has 0 aliphatic carbocycles. The Hall–Kier alpha value is -1.14. The van der Waals surface area contributed by atoms with Crippen LogP contribution >= 0.6 is 27.3 Å². The molecule has 2 rings (SSSR count). The molecule has 0 aliphatic rings. The molecular weight excluding hydrogens is 312 g/mol. The molecule has 0 saturated carbocycles. The summed E-state index contributed by atoms with van der Waals surface area (Å²) in [5, 5.41) is 5.33. The van der Waals surface area contributed by atoms with E-state index < -0.39 is 0 Å². The number of nitrogens with two attached hydrogens (primary N) is 1. The Balaban J connectivity index is 2.09. The normalized spacial score (nSPS) is 10.9. The molecule has 0 amide bonds. The van der Waals surface area contributed by atoms with Gasteiger partial charge in [0.25, 0.3) is 0 Å². The van der Waals surface area contributed by atoms with Gasteiger partial charge in [-0.2, -0.15) is 0 Å². The topological polar surface area (TPSA) is 63.8 Å². The standard InChI is InChI=1S/C12H15BrN4S/c1-7(2)12-16-10(14)4-11(17-12)15-5-9-3-8(13)6-18-9/h3-4,6-7H,5H2,1-2H3,(H3,14,15,16,17). The van der Waals surface area contributed by atoms with E-state index in [1.165, 1.54) is 4.88 Å². The molecule has 3 N–H and O–H groups in total. The maximum Gasteiger partial charge on any atom is 0.135 e. The maximum atomic E-state index is 5.77. The maximum absolute atomic E-state index is 5.77. The Bertz CT molecular complexity index is 539. The van der Waals surface area contributed by atoms with Gasteiger partial charge in [0.2, 0.25) is 0 Å². The van der Waals surface area contributed by atoms with Crippen molar-refractivity contribution in [2.45, 2.75) is 26.3 Å². The number of anilines is 2. The first-order valence-electron chi connectivity index (χ1n) is 5.66. The summed E-state index contributed by atoms with van der Waals surface area (Å²) in [5.41, 5.74) is 5.77. The third kappa shape index (κ3) is 3.43. The first kappa shape index (κ1) is 13.3. The minimum Gasteiger partial charge on any atom is -0.384 e. The lowest BCUT2D eigenvalue weighted by atomic mass is 10.2. The highest BCUT2D eigenvalue weighted by atomic mass is 79.9. The summed E-state index contributed by atoms with van der Waals surface area (Å²) in [4.78, 5) is 9.90. The molecule has 0 bridgehead atoms. The smallest absolute Gasteiger partial charge is 0.135 e. The van der Waals surface area contributed by atoms with E-state index in [4.69, 9.17) is 5.73 Å². The fourth-order valence-electron chi connectivity index (χ4n) is 1.46. The lowest BCUT2D eigenvalue weighted by Crippen LogP contribution is -2.07. The molecule has 0 aliphatic heterocycles. The minimum absolute atomic E-state index is 0.268. The van der Waals surface area contributed by atoms with Crippen LogP contribution < -0.4 is 11.1 Å². The number of thiophene rings is 1. The SMILES string of the molecule is CC(C)c1nc(N)cc(NCc2cc(Br)cs2)n1. The summed E-state index contributed by atoms with van der Waals surface area (Å²) in [7, 11) is 0. The fourth-order valence-corrected chi connectivity index (χ4v) is 2.85. The Morgan fingerprint density at radius 2 is 2.17 bits per heavy atom. The van der Waals surface area contributed by atoms with E-state index >= 15 is 0 Å². The van der Waals surface area contributed by atoms with Crippen molar-refractivity contribution in [2.75, 3.05) is 11.1 Å². The summed E-state index contributed by atoms with van der Waals surface area (Å²) in [6.07, 6.45) is 0. The Kier molecular flexibility index (Phi) is 4.19. The van der Waals surface area contributed by atoms with E-state index in [1.807, 2.05) is 0 Å². The van der Waals surface area contributed by atoms with Crippen LogP contribution in [-0.4, -0.2) is 9.97 Å². The first-order valence-corrected chi connectivity index (χ1v) is 7.33. The van der Waals surface area contributed by atoms with Gasteiger partial charge >= 0.3 is 0 Å². The largest absolute Gasteiger partial charge is 0.384 e. The quantitative estimate of drug-likeness (QED) is 0.900. The van der Waals surface area contributed by atoms with Crippen LogP contribution in [0.3, 0.4) is 0 Å². The van der Waals surface area contributed by atoms with Crippen LogP contribution in [0.1, 0.15) is 30.5 Å². The van der Waals surface area contributed by atoms with Gasteiger partial charge in [0.1, 0.15) is 17.5 Å². The van der Waals surface area contributed by atoms with Crippen LogP contribution in [0.15, 0.2) is 22.0 Å². The van der Waals surface area contributed by atoms with E-state index in [9.17, 15) is 0 Å². The lowest BCUT2D eigenvalue weighted by molar-refractivity contribution is 0.777. The second kappa shape index (κ2) is 5.67. The predicted molar refractivity (Wildman–Crippen MR) is 79.9 cm³/mol. The van der Waals surface area contributed by atoms with Gasteiger partial charge in [-0.1, -0.05) is 13.8 Å². The predicted octanol–water partition coefficient (Wildman–Crippen LogP) is 3.62. The minimum atomic E-state index is 0.268. The Morgan fingerprint density at radius 1 is 1.39 bits per heavy atom. The zero-order valence-electron chi connectivity index (χ0n) is 10.3. The highest BCUT2D eigenvalue weighted by molar-refractivity contribution is 9.10. The summed E-state index contributed by atoms with van der Waals surface area (Å²) >= 11 is 5.14. The lowest BCUT2D eigenvalue weighted by Gasteiger charge is -2.09. The van der Waals surface area contributed by atoms with Gasteiger partial charge in [-0.15, -0.1) is 11.3 Å². The zero-order valence-corrected chi connectivity index (χ0v) is 12.7. The van der Waals surface area contributed by atoms with Crippen LogP contribution in [0.25, 0.3) is 0 Å². The average Bonchev–Trinajstić information content (AvgIpc) is 2.72. The highest BCUT2D eigenvalue weighted by Gasteiger charge is 2.06. The van der Waals surface area contributed by atoms with Gasteiger partial charge in [-0.25, -0.2) is 9.97 Å². The van der Waals surface area contributed by atoms with Crippen molar-refractivity contribution in [3.8, 4) is 0 Å². The third-order valence-corrected chi connectivity index (χ3v) is 4.04. The molecule has 2 aromatic rings. The van der Waals surface area contributed by atoms with Crippen LogP contribution in [0, 0.1) is 0 Å². The van der Waals surface area contributed by atoms with E-state index in [2.05, 4.69) is 56.5 Å². The molecule has 0 fully saturated rings. The number of rotatable bonds is 4. The second-order valence-corrected chi connectivity index (χ2v) is 6.19. The molecule has 0 unspecified atom stereocenters. The number of halogens is 1. The summed E-state index contributed by atoms with van der Waals surface area (Å²) in [6, 6.07) is 3.85. The molecule has 0 spiro atoms. The first-order chi connectivity index (χ1) is 8.54. The molecule has 96 valence electrons. The zero-order chi connectivity index (χ0) is 13.1. The van der Waals surface area contributed by atoms with E-state index in [0.29, 0.717) is 5.82 Å². The second-order valence-electron chi connectivity index (χ2n) is 4.28. The van der Waals surface area contributed by atoms with E-state index in [-0.39, 0.29) is 5.92 Å². The van der Waals surface area contributed by atoms with E-state index in [1.54, 1.807) is 17.4 Å². The van der Waals surface area contributed by atoms with Gasteiger partial charge in [-0.3, -0.25) is 0 Å². The summed E-state index contributed by atoms with van der Waals surface area (Å²) in [6.45, 7) is 4.84. The van der Waals surface area contributed by atoms with Crippen molar-refractivity contribution in [3.63, 3.8) is 0 Å². The number of aromatic nitrogens is 2. The third-order valence-electron chi connectivity index (χ3n) is 2.35. The number of nitrogens with one attached hydrogen (secondary N) is 1. The molecule has 2 aromatic heterocycles. The molecule has 6 heteroatoms. The van der Waals surface area contributed by atoms with Gasteiger partial charge in [0.05, 0.1) is 6.54 Å². The molecule has 4 nitrogen and oxygen atoms in total. The average molecular weight is 327 g/mol. The van der Waals surface area contributed by atoms with Crippen molar-refractivity contribution >= 4 is 38.9 Å². The molecule has 0 aromatic carbocycles. The molecule has 18 heavy (non-hydrogen) atoms. The summed E-state index contributed by atoms with van der Waals surface area (Å²) < 4.78 is 1.11. The van der Waals surface area contributed by atoms with Crippen molar-refractivity contribution in [1.82, 2.24) is 9.97 Å². The number of nitrogens with zero attached hydrogens (tertiary/aromatic N) is 2. The molecule has 0 saturated heterocycles. The van der Waals surface area contributed by atoms with Crippen molar-refractivity contribution in [1.29, 1.82) is 0 Å². The Labute approximate surface area is 119 Å². The van der Waals surface area contributed by atoms with Crippen LogP contribution in [0.5, 0.6) is 0 Å². The number of nitrogen functional groups attached to an aromatic ring is 1. The van der Waals surface area contributed by atoms with Crippen LogP contribution in [0.2, 0.25) is 0 Å². The summed E-state index contributed by atoms with van der Waals surface area (Å²) in [5.74, 6) is 2.31. The number of hydrogen-bond acceptors (Lipinski definition) is 5. The monoisotopic (exact) mass is 326 g/mol. The number of hydrogen-bond donors (Lipinski definition) is 2. The molecule has 2 heterocycles. The fraction of sp³-hybridized carbons (Fsp3) is 0.333. The molecule has 0 atom stereocenters. The van der Waals surface area contributed by atoms with Crippen molar-refractivity contribution in [2.24, 2.45) is 0 Å².